The third-order valence-corrected chi connectivity index (χ3v) is 3.06. The molecule has 0 heterocycles. The van der Waals surface area contributed by atoms with Crippen LogP contribution in [0.15, 0.2) is 36.4 Å². The quantitative estimate of drug-likeness (QED) is 0.920. The van der Waals surface area contributed by atoms with Crippen LogP contribution in [0.5, 0.6) is 11.5 Å². The fraction of sp³-hybridized carbons (Fsp3) is 0.188. The normalized spacial score (nSPS) is 9.70. The Morgan fingerprint density at radius 2 is 1.90 bits per heavy atom. The molecule has 4 heteroatoms. The smallest absolute Gasteiger partial charge is 0.145 e. The maximum absolute atomic E-state index is 9.19. The molecule has 102 valence electrons. The van der Waals surface area contributed by atoms with E-state index < -0.39 is 0 Å². The number of nitrogens with one attached hydrogen (secondary N) is 1. The van der Waals surface area contributed by atoms with E-state index in [1.54, 1.807) is 26.4 Å². The first-order chi connectivity index (χ1) is 9.69. The second-order valence-corrected chi connectivity index (χ2v) is 4.30. The zero-order valence-corrected chi connectivity index (χ0v) is 11.7. The summed E-state index contributed by atoms with van der Waals surface area (Å²) in [6, 6.07) is 13.3. The monoisotopic (exact) mass is 268 g/mol. The van der Waals surface area contributed by atoms with Gasteiger partial charge in [0.05, 0.1) is 31.2 Å². The molecule has 20 heavy (non-hydrogen) atoms. The lowest BCUT2D eigenvalue weighted by Gasteiger charge is -2.15. The molecule has 2 aromatic rings. The molecule has 4 nitrogen and oxygen atoms in total. The summed E-state index contributed by atoms with van der Waals surface area (Å²) in [4.78, 5) is 0. The fourth-order valence-electron chi connectivity index (χ4n) is 1.96. The number of nitriles is 1. The molecule has 0 radical (unpaired) electrons. The Hall–Kier alpha value is -2.67. The summed E-state index contributed by atoms with van der Waals surface area (Å²) in [6.45, 7) is 1.96. The number of hydrogen-bond donors (Lipinski definition) is 1. The predicted molar refractivity (Wildman–Crippen MR) is 78.7 cm³/mol. The number of aryl methyl sites for hydroxylation is 1. The van der Waals surface area contributed by atoms with Gasteiger partial charge in [0.25, 0.3) is 0 Å². The standard InChI is InChI=1S/C16H16N2O2/c1-11-5-4-6-12(10-17)16(11)18-14-8-7-13(19-2)9-15(14)20-3/h4-9,18H,1-3H3. The molecule has 0 saturated carbocycles. The van der Waals surface area contributed by atoms with E-state index in [0.717, 1.165) is 22.7 Å². The Balaban J connectivity index is 2.43. The summed E-state index contributed by atoms with van der Waals surface area (Å²) in [7, 11) is 3.21. The Morgan fingerprint density at radius 1 is 1.10 bits per heavy atom. The van der Waals surface area contributed by atoms with Gasteiger partial charge in [0.15, 0.2) is 0 Å². The number of ether oxygens (including phenoxy) is 2. The van der Waals surface area contributed by atoms with Gasteiger partial charge in [-0.15, -0.1) is 0 Å². The number of methoxy groups -OCH3 is 2. The van der Waals surface area contributed by atoms with E-state index in [1.807, 2.05) is 31.2 Å². The summed E-state index contributed by atoms with van der Waals surface area (Å²) in [5, 5.41) is 12.4. The molecule has 0 aliphatic rings. The van der Waals surface area contributed by atoms with Gasteiger partial charge in [-0.25, -0.2) is 0 Å². The summed E-state index contributed by atoms with van der Waals surface area (Å²) >= 11 is 0. The maximum atomic E-state index is 9.19. The van der Waals surface area contributed by atoms with Crippen molar-refractivity contribution in [2.45, 2.75) is 6.92 Å². The number of benzene rings is 2. The van der Waals surface area contributed by atoms with Crippen molar-refractivity contribution in [3.05, 3.63) is 47.5 Å². The number of para-hydroxylation sites is 1. The van der Waals surface area contributed by atoms with Crippen molar-refractivity contribution in [2.75, 3.05) is 19.5 Å². The van der Waals surface area contributed by atoms with Crippen molar-refractivity contribution in [2.24, 2.45) is 0 Å². The van der Waals surface area contributed by atoms with Crippen molar-refractivity contribution in [1.82, 2.24) is 0 Å². The summed E-state index contributed by atoms with van der Waals surface area (Å²) < 4.78 is 10.5. The predicted octanol–water partition coefficient (Wildman–Crippen LogP) is 3.63. The molecule has 2 rings (SSSR count). The highest BCUT2D eigenvalue weighted by Gasteiger charge is 2.09. The van der Waals surface area contributed by atoms with Crippen LogP contribution in [-0.2, 0) is 0 Å². The van der Waals surface area contributed by atoms with Crippen molar-refractivity contribution in [1.29, 1.82) is 5.26 Å². The highest BCUT2D eigenvalue weighted by atomic mass is 16.5. The van der Waals surface area contributed by atoms with Crippen LogP contribution in [0.1, 0.15) is 11.1 Å². The van der Waals surface area contributed by atoms with Crippen molar-refractivity contribution in [3.8, 4) is 17.6 Å². The van der Waals surface area contributed by atoms with Crippen LogP contribution in [0.3, 0.4) is 0 Å². The highest BCUT2D eigenvalue weighted by Crippen LogP contribution is 2.33. The van der Waals surface area contributed by atoms with Crippen LogP contribution in [-0.4, -0.2) is 14.2 Å². The van der Waals surface area contributed by atoms with E-state index in [-0.39, 0.29) is 0 Å². The van der Waals surface area contributed by atoms with Crippen molar-refractivity contribution in [3.63, 3.8) is 0 Å². The molecule has 2 aromatic carbocycles. The van der Waals surface area contributed by atoms with Gasteiger partial charge < -0.3 is 14.8 Å². The van der Waals surface area contributed by atoms with E-state index in [4.69, 9.17) is 9.47 Å². The van der Waals surface area contributed by atoms with Gasteiger partial charge in [0, 0.05) is 6.07 Å². The van der Waals surface area contributed by atoms with Gasteiger partial charge in [0.2, 0.25) is 0 Å². The molecule has 0 saturated heterocycles. The molecule has 0 aromatic heterocycles. The lowest BCUT2D eigenvalue weighted by atomic mass is 10.1. The summed E-state index contributed by atoms with van der Waals surface area (Å²) in [5.41, 5.74) is 3.18. The Morgan fingerprint density at radius 3 is 2.55 bits per heavy atom. The third kappa shape index (κ3) is 2.67. The summed E-state index contributed by atoms with van der Waals surface area (Å²) in [5.74, 6) is 1.38. The zero-order chi connectivity index (χ0) is 14.5. The Bertz CT molecular complexity index is 660. The summed E-state index contributed by atoms with van der Waals surface area (Å²) in [6.07, 6.45) is 0. The fourth-order valence-corrected chi connectivity index (χ4v) is 1.96. The largest absolute Gasteiger partial charge is 0.497 e. The van der Waals surface area contributed by atoms with Crippen LogP contribution in [0.4, 0.5) is 11.4 Å². The van der Waals surface area contributed by atoms with Gasteiger partial charge >= 0.3 is 0 Å². The number of nitrogens with zero attached hydrogens (tertiary/aromatic N) is 1. The molecular formula is C16H16N2O2. The van der Waals surface area contributed by atoms with Crippen molar-refractivity contribution >= 4 is 11.4 Å². The molecule has 0 unspecified atom stereocenters. The molecule has 0 aliphatic heterocycles. The van der Waals surface area contributed by atoms with Crippen LogP contribution < -0.4 is 14.8 Å². The van der Waals surface area contributed by atoms with Gasteiger partial charge in [-0.2, -0.15) is 5.26 Å². The van der Waals surface area contributed by atoms with Crippen LogP contribution in [0.25, 0.3) is 0 Å². The molecule has 0 amide bonds. The van der Waals surface area contributed by atoms with Gasteiger partial charge in [-0.05, 0) is 30.7 Å². The van der Waals surface area contributed by atoms with E-state index in [9.17, 15) is 5.26 Å². The second-order valence-electron chi connectivity index (χ2n) is 4.30. The van der Waals surface area contributed by atoms with E-state index in [1.165, 1.54) is 0 Å². The molecule has 0 aliphatic carbocycles. The van der Waals surface area contributed by atoms with Crippen LogP contribution >= 0.6 is 0 Å². The topological polar surface area (TPSA) is 54.3 Å². The highest BCUT2D eigenvalue weighted by molar-refractivity contribution is 5.73. The Kier molecular flexibility index (Phi) is 4.11. The minimum Gasteiger partial charge on any atom is -0.497 e. The third-order valence-electron chi connectivity index (χ3n) is 3.06. The average molecular weight is 268 g/mol. The maximum Gasteiger partial charge on any atom is 0.145 e. The van der Waals surface area contributed by atoms with Crippen molar-refractivity contribution < 1.29 is 9.47 Å². The molecule has 0 fully saturated rings. The molecule has 1 N–H and O–H groups in total. The molecule has 0 atom stereocenters. The number of hydrogen-bond acceptors (Lipinski definition) is 4. The lowest BCUT2D eigenvalue weighted by molar-refractivity contribution is 0.395. The van der Waals surface area contributed by atoms with Crippen LogP contribution in [0.2, 0.25) is 0 Å². The van der Waals surface area contributed by atoms with Crippen LogP contribution in [0, 0.1) is 18.3 Å². The average Bonchev–Trinajstić information content (AvgIpc) is 2.49. The molecular weight excluding hydrogens is 252 g/mol. The zero-order valence-electron chi connectivity index (χ0n) is 11.7. The minimum atomic E-state index is 0.600. The van der Waals surface area contributed by atoms with E-state index in [0.29, 0.717) is 11.3 Å². The van der Waals surface area contributed by atoms with Gasteiger partial charge in [-0.1, -0.05) is 12.1 Å². The van der Waals surface area contributed by atoms with Gasteiger partial charge in [-0.3, -0.25) is 0 Å². The first-order valence-electron chi connectivity index (χ1n) is 6.18. The van der Waals surface area contributed by atoms with Gasteiger partial charge in [0.1, 0.15) is 17.6 Å². The first-order valence-corrected chi connectivity index (χ1v) is 6.18. The van der Waals surface area contributed by atoms with E-state index in [2.05, 4.69) is 11.4 Å². The number of anilines is 2. The SMILES string of the molecule is COc1ccc(Nc2c(C)cccc2C#N)c(OC)c1. The second kappa shape index (κ2) is 5.98. The minimum absolute atomic E-state index is 0.600. The number of rotatable bonds is 4. The molecule has 0 spiro atoms. The molecule has 0 bridgehead atoms. The lowest BCUT2D eigenvalue weighted by Crippen LogP contribution is -1.99. The Labute approximate surface area is 118 Å². The van der Waals surface area contributed by atoms with E-state index >= 15 is 0 Å². The first kappa shape index (κ1) is 13.8.